The molecule has 0 aromatic heterocycles. The second-order valence-electron chi connectivity index (χ2n) is 2.82. The Balaban J connectivity index is 3.32. The van der Waals surface area contributed by atoms with Crippen LogP contribution in [0.4, 0.5) is 8.78 Å². The molecular weight excluding hydrogens is 198 g/mol. The highest BCUT2D eigenvalue weighted by Gasteiger charge is 2.29. The first-order chi connectivity index (χ1) is 5.96. The van der Waals surface area contributed by atoms with E-state index in [0.29, 0.717) is 0 Å². The monoisotopic (exact) mass is 206 g/mol. The largest absolute Gasteiger partial charge is 0.392 e. The highest BCUT2D eigenvalue weighted by atomic mass is 35.5. The van der Waals surface area contributed by atoms with Crippen molar-refractivity contribution in [3.05, 3.63) is 34.3 Å². The Morgan fingerprint density at radius 2 is 2.08 bits per heavy atom. The molecule has 1 rings (SSSR count). The zero-order valence-corrected chi connectivity index (χ0v) is 7.78. The lowest BCUT2D eigenvalue weighted by molar-refractivity contribution is 0.0155. The Hall–Kier alpha value is -0.670. The Morgan fingerprint density at radius 1 is 1.46 bits per heavy atom. The van der Waals surface area contributed by atoms with Crippen LogP contribution in [0.2, 0.25) is 5.02 Å². The standard InChI is InChI=1S/C9H9ClF2O/c1-9(11,12)8-6(5-13)3-2-4-7(8)10/h2-4,13H,5H2,1H3. The molecule has 1 aromatic carbocycles. The Labute approximate surface area is 80.0 Å². The summed E-state index contributed by atoms with van der Waals surface area (Å²) in [4.78, 5) is 0. The van der Waals surface area contributed by atoms with Gasteiger partial charge in [0, 0.05) is 12.5 Å². The summed E-state index contributed by atoms with van der Waals surface area (Å²) in [5.41, 5.74) is -0.126. The number of halogens is 3. The zero-order chi connectivity index (χ0) is 10.1. The van der Waals surface area contributed by atoms with Crippen molar-refractivity contribution in [3.8, 4) is 0 Å². The number of hydrogen-bond donors (Lipinski definition) is 1. The minimum absolute atomic E-state index is 0.0148. The van der Waals surface area contributed by atoms with Crippen molar-refractivity contribution >= 4 is 11.6 Å². The highest BCUT2D eigenvalue weighted by Crippen LogP contribution is 2.35. The normalized spacial score (nSPS) is 11.8. The van der Waals surface area contributed by atoms with E-state index in [2.05, 4.69) is 0 Å². The molecule has 0 atom stereocenters. The summed E-state index contributed by atoms with van der Waals surface area (Å²) in [6.45, 7) is 0.326. The molecule has 72 valence electrons. The van der Waals surface area contributed by atoms with E-state index in [4.69, 9.17) is 16.7 Å². The van der Waals surface area contributed by atoms with Gasteiger partial charge in [-0.3, -0.25) is 0 Å². The van der Waals surface area contributed by atoms with Gasteiger partial charge < -0.3 is 5.11 Å². The lowest BCUT2D eigenvalue weighted by Gasteiger charge is -2.15. The maximum absolute atomic E-state index is 13.0. The summed E-state index contributed by atoms with van der Waals surface area (Å²) in [5.74, 6) is -3.02. The number of benzene rings is 1. The summed E-state index contributed by atoms with van der Waals surface area (Å²) in [6, 6.07) is 4.34. The van der Waals surface area contributed by atoms with Gasteiger partial charge in [-0.25, -0.2) is 8.78 Å². The van der Waals surface area contributed by atoms with E-state index in [9.17, 15) is 8.78 Å². The van der Waals surface area contributed by atoms with Gasteiger partial charge in [0.05, 0.1) is 11.6 Å². The molecule has 0 spiro atoms. The summed E-state index contributed by atoms with van der Waals surface area (Å²) in [6.07, 6.45) is 0. The molecule has 0 aliphatic heterocycles. The van der Waals surface area contributed by atoms with Crippen molar-refractivity contribution in [3.63, 3.8) is 0 Å². The Bertz CT molecular complexity index is 307. The van der Waals surface area contributed by atoms with E-state index in [0.717, 1.165) is 6.92 Å². The van der Waals surface area contributed by atoms with E-state index in [1.165, 1.54) is 18.2 Å². The average Bonchev–Trinajstić information content (AvgIpc) is 2.01. The van der Waals surface area contributed by atoms with E-state index in [-0.39, 0.29) is 16.1 Å². The van der Waals surface area contributed by atoms with E-state index in [1.807, 2.05) is 0 Å². The molecule has 0 fully saturated rings. The van der Waals surface area contributed by atoms with Crippen molar-refractivity contribution in [2.75, 3.05) is 0 Å². The van der Waals surface area contributed by atoms with Crippen molar-refractivity contribution in [1.29, 1.82) is 0 Å². The summed E-state index contributed by atoms with van der Waals surface area (Å²) in [7, 11) is 0. The van der Waals surface area contributed by atoms with Crippen molar-refractivity contribution < 1.29 is 13.9 Å². The first kappa shape index (κ1) is 10.4. The summed E-state index contributed by atoms with van der Waals surface area (Å²) in [5, 5.41) is 8.80. The maximum atomic E-state index is 13.0. The molecule has 1 N–H and O–H groups in total. The van der Waals surface area contributed by atoms with Gasteiger partial charge in [-0.1, -0.05) is 23.7 Å². The van der Waals surface area contributed by atoms with Crippen LogP contribution in [0.15, 0.2) is 18.2 Å². The first-order valence-electron chi connectivity index (χ1n) is 3.73. The van der Waals surface area contributed by atoms with Crippen LogP contribution in [0.5, 0.6) is 0 Å². The van der Waals surface area contributed by atoms with E-state index >= 15 is 0 Å². The van der Waals surface area contributed by atoms with Gasteiger partial charge in [-0.05, 0) is 11.6 Å². The van der Waals surface area contributed by atoms with Gasteiger partial charge in [0.2, 0.25) is 0 Å². The third-order valence-corrected chi connectivity index (χ3v) is 2.02. The molecule has 1 aromatic rings. The number of rotatable bonds is 2. The minimum atomic E-state index is -3.02. The van der Waals surface area contributed by atoms with E-state index < -0.39 is 12.5 Å². The molecular formula is C9H9ClF2O. The molecule has 0 aliphatic rings. The summed E-state index contributed by atoms with van der Waals surface area (Å²) < 4.78 is 25.9. The van der Waals surface area contributed by atoms with Crippen LogP contribution in [-0.4, -0.2) is 5.11 Å². The number of aliphatic hydroxyl groups excluding tert-OH is 1. The second kappa shape index (κ2) is 3.60. The maximum Gasteiger partial charge on any atom is 0.272 e. The Kier molecular flexibility index (Phi) is 2.88. The van der Waals surface area contributed by atoms with Gasteiger partial charge >= 0.3 is 0 Å². The molecule has 0 saturated heterocycles. The molecule has 1 nitrogen and oxygen atoms in total. The van der Waals surface area contributed by atoms with Crippen molar-refractivity contribution in [2.45, 2.75) is 19.5 Å². The molecule has 13 heavy (non-hydrogen) atoms. The molecule has 0 saturated carbocycles. The molecule has 0 bridgehead atoms. The van der Waals surface area contributed by atoms with Gasteiger partial charge in [0.1, 0.15) is 0 Å². The molecule has 0 heterocycles. The third kappa shape index (κ3) is 2.17. The fourth-order valence-electron chi connectivity index (χ4n) is 1.19. The minimum Gasteiger partial charge on any atom is -0.392 e. The quantitative estimate of drug-likeness (QED) is 0.789. The number of alkyl halides is 2. The molecule has 0 amide bonds. The third-order valence-electron chi connectivity index (χ3n) is 1.71. The molecule has 0 radical (unpaired) electrons. The van der Waals surface area contributed by atoms with Gasteiger partial charge in [-0.2, -0.15) is 0 Å². The van der Waals surface area contributed by atoms with Crippen molar-refractivity contribution in [2.24, 2.45) is 0 Å². The van der Waals surface area contributed by atoms with Crippen LogP contribution in [0.1, 0.15) is 18.1 Å². The zero-order valence-electron chi connectivity index (χ0n) is 7.02. The van der Waals surface area contributed by atoms with Gasteiger partial charge in [0.15, 0.2) is 0 Å². The first-order valence-corrected chi connectivity index (χ1v) is 4.11. The van der Waals surface area contributed by atoms with Crippen LogP contribution >= 0.6 is 11.6 Å². The Morgan fingerprint density at radius 3 is 2.46 bits per heavy atom. The smallest absolute Gasteiger partial charge is 0.272 e. The highest BCUT2D eigenvalue weighted by molar-refractivity contribution is 6.31. The van der Waals surface area contributed by atoms with Crippen LogP contribution in [0.25, 0.3) is 0 Å². The fraction of sp³-hybridized carbons (Fsp3) is 0.333. The SMILES string of the molecule is CC(F)(F)c1c(Cl)cccc1CO. The van der Waals surface area contributed by atoms with Crippen LogP contribution in [0, 0.1) is 0 Å². The number of aliphatic hydroxyl groups is 1. The van der Waals surface area contributed by atoms with Gasteiger partial charge in [0.25, 0.3) is 5.92 Å². The lowest BCUT2D eigenvalue weighted by Crippen LogP contribution is -2.11. The van der Waals surface area contributed by atoms with Crippen LogP contribution < -0.4 is 0 Å². The predicted octanol–water partition coefficient (Wildman–Crippen LogP) is 2.94. The molecule has 4 heteroatoms. The van der Waals surface area contributed by atoms with Crippen LogP contribution in [-0.2, 0) is 12.5 Å². The van der Waals surface area contributed by atoms with Crippen molar-refractivity contribution in [1.82, 2.24) is 0 Å². The average molecular weight is 207 g/mol. The molecule has 0 aliphatic carbocycles. The molecule has 0 unspecified atom stereocenters. The second-order valence-corrected chi connectivity index (χ2v) is 3.23. The number of hydrogen-bond acceptors (Lipinski definition) is 1. The lowest BCUT2D eigenvalue weighted by atomic mass is 10.0. The summed E-state index contributed by atoms with van der Waals surface area (Å²) >= 11 is 5.60. The topological polar surface area (TPSA) is 20.2 Å². The van der Waals surface area contributed by atoms with Crippen LogP contribution in [0.3, 0.4) is 0 Å². The predicted molar refractivity (Wildman–Crippen MR) is 46.9 cm³/mol. The fourth-order valence-corrected chi connectivity index (χ4v) is 1.55. The van der Waals surface area contributed by atoms with E-state index in [1.54, 1.807) is 0 Å². The van der Waals surface area contributed by atoms with Gasteiger partial charge in [-0.15, -0.1) is 0 Å².